The number of amides is 1. The molecule has 0 radical (unpaired) electrons. The summed E-state index contributed by atoms with van der Waals surface area (Å²) in [6.07, 6.45) is -0.551. The van der Waals surface area contributed by atoms with Crippen molar-refractivity contribution < 1.29 is 18.7 Å². The average molecular weight is 347 g/mol. The summed E-state index contributed by atoms with van der Waals surface area (Å²) in [7, 11) is 1.42. The minimum Gasteiger partial charge on any atom is -0.496 e. The first kappa shape index (κ1) is 17.1. The number of ether oxygens (including phenoxy) is 2. The van der Waals surface area contributed by atoms with E-state index < -0.39 is 11.9 Å². The molecule has 1 aromatic heterocycles. The van der Waals surface area contributed by atoms with Crippen LogP contribution in [0.1, 0.15) is 28.0 Å². The van der Waals surface area contributed by atoms with E-state index in [1.165, 1.54) is 30.2 Å². The average Bonchev–Trinajstić information content (AvgIpc) is 2.60. The molecule has 0 bridgehead atoms. The normalized spacial score (nSPS) is 17.4. The van der Waals surface area contributed by atoms with Crippen molar-refractivity contribution in [3.8, 4) is 5.75 Å². The zero-order valence-corrected chi connectivity index (χ0v) is 13.9. The number of H-pyrrole nitrogens is 1. The molecule has 1 amide bonds. The molecule has 0 spiro atoms. The second-order valence-corrected chi connectivity index (χ2v) is 5.73. The summed E-state index contributed by atoms with van der Waals surface area (Å²) >= 11 is 0. The van der Waals surface area contributed by atoms with Crippen LogP contribution in [0.5, 0.6) is 5.75 Å². The smallest absolute Gasteiger partial charge is 0.257 e. The lowest BCUT2D eigenvalue weighted by atomic mass is 10.1. The Hall–Kier alpha value is -2.74. The SMILES string of the molecule is COc1ccc(F)cc1C(=O)N1CCO[C@@H](c2nc(C)cc(=O)[nH]2)C1. The van der Waals surface area contributed by atoms with Gasteiger partial charge in [0.25, 0.3) is 11.5 Å². The zero-order valence-electron chi connectivity index (χ0n) is 13.9. The van der Waals surface area contributed by atoms with Gasteiger partial charge in [-0.3, -0.25) is 9.59 Å². The highest BCUT2D eigenvalue weighted by Gasteiger charge is 2.29. The lowest BCUT2D eigenvalue weighted by Crippen LogP contribution is -2.43. The number of carbonyl (C=O) groups excluding carboxylic acids is 1. The molecule has 8 heteroatoms. The minimum atomic E-state index is -0.551. The summed E-state index contributed by atoms with van der Waals surface area (Å²) in [5, 5.41) is 0. The molecule has 1 fully saturated rings. The van der Waals surface area contributed by atoms with E-state index in [0.29, 0.717) is 23.8 Å². The highest BCUT2D eigenvalue weighted by atomic mass is 19.1. The number of aromatic nitrogens is 2. The molecule has 1 aromatic carbocycles. The van der Waals surface area contributed by atoms with Gasteiger partial charge in [0.1, 0.15) is 23.5 Å². The van der Waals surface area contributed by atoms with E-state index >= 15 is 0 Å². The van der Waals surface area contributed by atoms with E-state index in [9.17, 15) is 14.0 Å². The summed E-state index contributed by atoms with van der Waals surface area (Å²) in [5.41, 5.74) is 0.438. The van der Waals surface area contributed by atoms with E-state index in [4.69, 9.17) is 9.47 Å². The number of rotatable bonds is 3. The van der Waals surface area contributed by atoms with Crippen LogP contribution >= 0.6 is 0 Å². The molecule has 1 saturated heterocycles. The van der Waals surface area contributed by atoms with Crippen molar-refractivity contribution in [2.45, 2.75) is 13.0 Å². The van der Waals surface area contributed by atoms with Gasteiger partial charge in [-0.05, 0) is 25.1 Å². The van der Waals surface area contributed by atoms with Gasteiger partial charge in [-0.15, -0.1) is 0 Å². The second-order valence-electron chi connectivity index (χ2n) is 5.73. The first-order valence-corrected chi connectivity index (χ1v) is 7.80. The Morgan fingerprint density at radius 2 is 2.24 bits per heavy atom. The topological polar surface area (TPSA) is 84.5 Å². The number of morpholine rings is 1. The van der Waals surface area contributed by atoms with Gasteiger partial charge in [0.2, 0.25) is 0 Å². The number of hydrogen-bond acceptors (Lipinski definition) is 5. The molecule has 1 aliphatic heterocycles. The van der Waals surface area contributed by atoms with E-state index in [0.717, 1.165) is 6.07 Å². The Kier molecular flexibility index (Phi) is 4.80. The maximum atomic E-state index is 13.5. The van der Waals surface area contributed by atoms with Crippen LogP contribution in [-0.2, 0) is 4.74 Å². The highest BCUT2D eigenvalue weighted by Crippen LogP contribution is 2.25. The van der Waals surface area contributed by atoms with Gasteiger partial charge in [-0.1, -0.05) is 0 Å². The molecule has 0 unspecified atom stereocenters. The standard InChI is InChI=1S/C17H18FN3O4/c1-10-7-15(22)20-16(19-10)14-9-21(5-6-25-14)17(23)12-8-11(18)3-4-13(12)24-2/h3-4,7-8,14H,5-6,9H2,1-2H3,(H,19,20,22)/t14-/m1/s1. The maximum Gasteiger partial charge on any atom is 0.257 e. The third kappa shape index (κ3) is 3.69. The molecule has 7 nitrogen and oxygen atoms in total. The predicted molar refractivity (Wildman–Crippen MR) is 87.1 cm³/mol. The fourth-order valence-corrected chi connectivity index (χ4v) is 2.77. The first-order chi connectivity index (χ1) is 12.0. The Morgan fingerprint density at radius 3 is 2.96 bits per heavy atom. The number of aryl methyl sites for hydroxylation is 1. The van der Waals surface area contributed by atoms with E-state index in [-0.39, 0.29) is 30.2 Å². The van der Waals surface area contributed by atoms with Crippen LogP contribution in [0, 0.1) is 12.7 Å². The van der Waals surface area contributed by atoms with E-state index in [2.05, 4.69) is 9.97 Å². The van der Waals surface area contributed by atoms with Crippen LogP contribution in [0.3, 0.4) is 0 Å². The molecule has 1 atom stereocenters. The summed E-state index contributed by atoms with van der Waals surface area (Å²) in [4.78, 5) is 32.8. The van der Waals surface area contributed by atoms with Crippen LogP contribution in [-0.4, -0.2) is 47.6 Å². The Bertz CT molecular complexity index is 852. The van der Waals surface area contributed by atoms with E-state index in [1.807, 2.05) is 0 Å². The molecule has 0 saturated carbocycles. The summed E-state index contributed by atoms with van der Waals surface area (Å²) in [6, 6.07) is 5.19. The number of nitrogens with one attached hydrogen (secondary N) is 1. The van der Waals surface area contributed by atoms with Crippen LogP contribution in [0.4, 0.5) is 4.39 Å². The molecular formula is C17H18FN3O4. The molecule has 2 aromatic rings. The Labute approximate surface area is 143 Å². The largest absolute Gasteiger partial charge is 0.496 e. The molecule has 25 heavy (non-hydrogen) atoms. The van der Waals surface area contributed by atoms with Crippen molar-refractivity contribution in [1.29, 1.82) is 0 Å². The van der Waals surface area contributed by atoms with Gasteiger partial charge in [-0.25, -0.2) is 9.37 Å². The second kappa shape index (κ2) is 7.02. The first-order valence-electron chi connectivity index (χ1n) is 7.80. The molecule has 1 aliphatic rings. The molecule has 132 valence electrons. The van der Waals surface area contributed by atoms with Crippen molar-refractivity contribution in [1.82, 2.24) is 14.9 Å². The quantitative estimate of drug-likeness (QED) is 0.908. The number of aromatic amines is 1. The van der Waals surface area contributed by atoms with Crippen LogP contribution < -0.4 is 10.3 Å². The number of methoxy groups -OCH3 is 1. The number of hydrogen-bond donors (Lipinski definition) is 1. The molecule has 3 rings (SSSR count). The lowest BCUT2D eigenvalue weighted by molar-refractivity contribution is -0.0270. The monoisotopic (exact) mass is 347 g/mol. The Morgan fingerprint density at radius 1 is 1.44 bits per heavy atom. The highest BCUT2D eigenvalue weighted by molar-refractivity contribution is 5.97. The molecule has 2 heterocycles. The summed E-state index contributed by atoms with van der Waals surface area (Å²) in [6.45, 7) is 2.55. The van der Waals surface area contributed by atoms with Gasteiger partial charge in [0, 0.05) is 18.3 Å². The minimum absolute atomic E-state index is 0.147. The van der Waals surface area contributed by atoms with Crippen LogP contribution in [0.2, 0.25) is 0 Å². The third-order valence-corrected chi connectivity index (χ3v) is 3.94. The number of halogens is 1. The number of carbonyl (C=O) groups is 1. The van der Waals surface area contributed by atoms with Crippen molar-refractivity contribution in [3.63, 3.8) is 0 Å². The van der Waals surface area contributed by atoms with Crippen molar-refractivity contribution in [2.24, 2.45) is 0 Å². The van der Waals surface area contributed by atoms with Gasteiger partial charge in [0.15, 0.2) is 0 Å². The zero-order chi connectivity index (χ0) is 18.0. The van der Waals surface area contributed by atoms with Gasteiger partial charge in [0.05, 0.1) is 25.8 Å². The number of benzene rings is 1. The van der Waals surface area contributed by atoms with Crippen LogP contribution in [0.15, 0.2) is 29.1 Å². The third-order valence-electron chi connectivity index (χ3n) is 3.94. The fraction of sp³-hybridized carbons (Fsp3) is 0.353. The predicted octanol–water partition coefficient (Wildman–Crippen LogP) is 1.44. The van der Waals surface area contributed by atoms with Crippen molar-refractivity contribution in [3.05, 3.63) is 57.5 Å². The van der Waals surface area contributed by atoms with Gasteiger partial charge < -0.3 is 19.4 Å². The maximum absolute atomic E-state index is 13.5. The van der Waals surface area contributed by atoms with Gasteiger partial charge in [-0.2, -0.15) is 0 Å². The van der Waals surface area contributed by atoms with Crippen LogP contribution in [0.25, 0.3) is 0 Å². The summed E-state index contributed by atoms with van der Waals surface area (Å²) < 4.78 is 24.3. The Balaban J connectivity index is 1.85. The molecule has 1 N–H and O–H groups in total. The lowest BCUT2D eigenvalue weighted by Gasteiger charge is -2.32. The van der Waals surface area contributed by atoms with E-state index in [1.54, 1.807) is 6.92 Å². The van der Waals surface area contributed by atoms with Crippen molar-refractivity contribution >= 4 is 5.91 Å². The summed E-state index contributed by atoms with van der Waals surface area (Å²) in [5.74, 6) is -0.205. The fourth-order valence-electron chi connectivity index (χ4n) is 2.77. The van der Waals surface area contributed by atoms with Gasteiger partial charge >= 0.3 is 0 Å². The molecular weight excluding hydrogens is 329 g/mol. The van der Waals surface area contributed by atoms with Crippen molar-refractivity contribution in [2.75, 3.05) is 26.8 Å². The number of nitrogens with zero attached hydrogens (tertiary/aromatic N) is 2. The molecule has 0 aliphatic carbocycles.